The van der Waals surface area contributed by atoms with Crippen LogP contribution in [0.1, 0.15) is 57.1 Å². The number of hydrogen-bond acceptors (Lipinski definition) is 11. The van der Waals surface area contributed by atoms with Gasteiger partial charge in [0.1, 0.15) is 11.6 Å². The number of carbonyl (C=O) groups excluding carboxylic acids is 2. The van der Waals surface area contributed by atoms with Crippen molar-refractivity contribution in [3.8, 4) is 11.4 Å². The van der Waals surface area contributed by atoms with Crippen LogP contribution in [0.3, 0.4) is 0 Å². The summed E-state index contributed by atoms with van der Waals surface area (Å²) in [5.41, 5.74) is 16.5. The van der Waals surface area contributed by atoms with E-state index < -0.39 is 5.97 Å². The van der Waals surface area contributed by atoms with Crippen molar-refractivity contribution in [2.75, 3.05) is 24.4 Å². The van der Waals surface area contributed by atoms with Gasteiger partial charge in [0, 0.05) is 36.2 Å². The lowest BCUT2D eigenvalue weighted by atomic mass is 10.1. The van der Waals surface area contributed by atoms with Crippen molar-refractivity contribution in [1.29, 1.82) is 5.41 Å². The number of aryl methyl sites for hydroxylation is 3. The van der Waals surface area contributed by atoms with Crippen LogP contribution in [0.4, 0.5) is 11.4 Å². The summed E-state index contributed by atoms with van der Waals surface area (Å²) in [6.07, 6.45) is 1.63. The van der Waals surface area contributed by atoms with Crippen molar-refractivity contribution in [3.05, 3.63) is 59.0 Å². The third kappa shape index (κ3) is 17.9. The van der Waals surface area contributed by atoms with Gasteiger partial charge in [0.25, 0.3) is 0 Å². The number of nitrogens with zero attached hydrogens (tertiary/aromatic N) is 3. The smallest absolute Gasteiger partial charge is 0.303 e. The van der Waals surface area contributed by atoms with Crippen molar-refractivity contribution in [1.82, 2.24) is 10.1 Å². The zero-order valence-corrected chi connectivity index (χ0v) is 28.0. The summed E-state index contributed by atoms with van der Waals surface area (Å²) in [6.45, 7) is 6.51. The number of nitrogen functional groups attached to an aromatic ring is 2. The second kappa shape index (κ2) is 22.1. The monoisotopic (exact) mass is 727 g/mol. The molecular weight excluding hydrogens is 686 g/mol. The largest absolute Gasteiger partial charge is 0.481 e. The Kier molecular flexibility index (Phi) is 19.2. The minimum absolute atomic E-state index is 0.0463. The van der Waals surface area contributed by atoms with Crippen LogP contribution >= 0.6 is 31.8 Å². The third-order valence-electron chi connectivity index (χ3n) is 5.32. The molecule has 0 radical (unpaired) electrons. The number of benzene rings is 2. The number of rotatable bonds is 10. The number of aliphatic imine (C=N–C) groups is 1. The SMILES string of the molecule is CC(=O)CCC(=O)O.CC(=O)CCc1nc(-c2ccc(C)c(N)c2)no1.Cc1ccc(C(=N)CO)cc1N.[2H]C(I)=NCP. The molecule has 0 amide bonds. The zero-order valence-electron chi connectivity index (χ0n) is 25.7. The van der Waals surface area contributed by atoms with Crippen LogP contribution in [0.2, 0.25) is 0 Å². The average Bonchev–Trinajstić information content (AvgIpc) is 3.43. The summed E-state index contributed by atoms with van der Waals surface area (Å²) in [5, 5.41) is 27.9. The maximum Gasteiger partial charge on any atom is 0.303 e. The van der Waals surface area contributed by atoms with E-state index in [9.17, 15) is 14.4 Å². The molecule has 7 N–H and O–H groups in total. The number of carbonyl (C=O) groups is 3. The summed E-state index contributed by atoms with van der Waals surface area (Å²) in [7, 11) is 2.41. The Morgan fingerprint density at radius 2 is 1.65 bits per heavy atom. The number of Topliss-reactive ketones (excluding diaryl/α,β-unsaturated/α-hetero) is 2. The lowest BCUT2D eigenvalue weighted by Crippen LogP contribution is -2.05. The van der Waals surface area contributed by atoms with Gasteiger partial charge in [-0.3, -0.25) is 9.79 Å². The van der Waals surface area contributed by atoms with Crippen LogP contribution in [0, 0.1) is 19.3 Å². The number of nitrogens with one attached hydrogen (secondary N) is 1. The molecule has 1 aromatic heterocycles. The second-order valence-corrected chi connectivity index (χ2v) is 9.86. The number of aliphatic carboxylic acids is 1. The highest BCUT2D eigenvalue weighted by Crippen LogP contribution is 2.21. The first kappa shape index (κ1) is 37.5. The fourth-order valence-electron chi connectivity index (χ4n) is 2.77. The van der Waals surface area contributed by atoms with Gasteiger partial charge in [0.2, 0.25) is 11.7 Å². The minimum atomic E-state index is -0.916. The molecule has 0 saturated heterocycles. The van der Waals surface area contributed by atoms with Gasteiger partial charge in [-0.2, -0.15) is 4.98 Å². The first-order valence-corrected chi connectivity index (χ1v) is 14.8. The predicted octanol–water partition coefficient (Wildman–Crippen LogP) is 4.81. The maximum atomic E-state index is 10.9. The molecule has 0 aliphatic carbocycles. The molecule has 1 unspecified atom stereocenters. The Labute approximate surface area is 269 Å². The number of aromatic nitrogens is 2. The predicted molar refractivity (Wildman–Crippen MR) is 182 cm³/mol. The second-order valence-electron chi connectivity index (χ2n) is 9.01. The number of hydrogen-bond donors (Lipinski definition) is 5. The van der Waals surface area contributed by atoms with Crippen molar-refractivity contribution >= 4 is 70.7 Å². The third-order valence-corrected chi connectivity index (χ3v) is 5.85. The van der Waals surface area contributed by atoms with E-state index in [0.717, 1.165) is 16.7 Å². The van der Waals surface area contributed by atoms with Gasteiger partial charge < -0.3 is 41.2 Å². The number of anilines is 2. The number of aliphatic hydroxyl groups excluding tert-OH is 1. The van der Waals surface area contributed by atoms with Gasteiger partial charge in [-0.15, -0.1) is 9.24 Å². The van der Waals surface area contributed by atoms with E-state index in [2.05, 4.69) is 24.4 Å². The topological polar surface area (TPSA) is 219 Å². The molecule has 1 heterocycles. The Morgan fingerprint density at radius 1 is 1.07 bits per heavy atom. The normalized spacial score (nSPS) is 10.5. The lowest BCUT2D eigenvalue weighted by Gasteiger charge is -2.03. The van der Waals surface area contributed by atoms with Crippen molar-refractivity contribution < 1.29 is 30.5 Å². The first-order chi connectivity index (χ1) is 20.6. The molecule has 3 aromatic rings. The van der Waals surface area contributed by atoms with Crippen LogP contribution in [0.15, 0.2) is 45.9 Å². The summed E-state index contributed by atoms with van der Waals surface area (Å²) >= 11 is 1.85. The number of ketones is 2. The van der Waals surface area contributed by atoms with E-state index in [0.29, 0.717) is 52.0 Å². The number of halogens is 1. The van der Waals surface area contributed by atoms with Gasteiger partial charge in [-0.1, -0.05) is 29.4 Å². The Balaban J connectivity index is 0.000000616. The molecule has 14 heteroatoms. The fourth-order valence-corrected chi connectivity index (χ4v) is 3.43. The highest BCUT2D eigenvalue weighted by atomic mass is 127. The standard InChI is InChI=1S/C13H15N3O2.C9H12N2O.C5H8O3.C2H5INP/c1-8-3-5-10(7-11(8)14)13-15-12(18-16-13)6-4-9(2)17;1-6-2-3-7(4-8(6)10)9(11)5-12;1-4(6)2-3-5(7)8;3-1-4-2-5/h3,5,7H,4,6,14H2,1-2H3;2-4,11-12H,5,10H2,1H3;2-3H2,1H3,(H,7,8);1H,2,5H2/i;;;1D. The van der Waals surface area contributed by atoms with Crippen molar-refractivity contribution in [2.24, 2.45) is 4.99 Å². The molecule has 0 aliphatic rings. The Bertz CT molecular complexity index is 1420. The molecule has 43 heavy (non-hydrogen) atoms. The first-order valence-electron chi connectivity index (χ1n) is 13.4. The minimum Gasteiger partial charge on any atom is -0.481 e. The van der Waals surface area contributed by atoms with Gasteiger partial charge in [-0.05, 0) is 79.1 Å². The van der Waals surface area contributed by atoms with Crippen LogP contribution in [0.5, 0.6) is 0 Å². The van der Waals surface area contributed by atoms with Crippen LogP contribution in [-0.2, 0) is 20.8 Å². The van der Waals surface area contributed by atoms with E-state index in [1.165, 1.54) is 13.8 Å². The highest BCUT2D eigenvalue weighted by molar-refractivity contribution is 14.1. The van der Waals surface area contributed by atoms with Gasteiger partial charge in [0.05, 0.1) is 30.6 Å². The van der Waals surface area contributed by atoms with Crippen molar-refractivity contribution in [3.63, 3.8) is 0 Å². The summed E-state index contributed by atoms with van der Waals surface area (Å²) in [4.78, 5) is 38.6. The Morgan fingerprint density at radius 3 is 2.07 bits per heavy atom. The molecule has 0 saturated carbocycles. The summed E-state index contributed by atoms with van der Waals surface area (Å²) in [6, 6.07) is 10.9. The van der Waals surface area contributed by atoms with Gasteiger partial charge >= 0.3 is 5.97 Å². The maximum absolute atomic E-state index is 10.9. The zero-order chi connectivity index (χ0) is 33.8. The van der Waals surface area contributed by atoms with Crippen LogP contribution in [-0.4, -0.2) is 60.7 Å². The summed E-state index contributed by atoms with van der Waals surface area (Å²) in [5.74, 6) is 0.0847. The van der Waals surface area contributed by atoms with E-state index in [-0.39, 0.29) is 36.7 Å². The number of carboxylic acid groups (broad SMARTS) is 1. The van der Waals surface area contributed by atoms with E-state index in [1.54, 1.807) is 12.1 Å². The van der Waals surface area contributed by atoms with Gasteiger partial charge in [0.15, 0.2) is 0 Å². The Hall–Kier alpha value is -3.55. The molecule has 0 bridgehead atoms. The highest BCUT2D eigenvalue weighted by Gasteiger charge is 2.10. The van der Waals surface area contributed by atoms with Crippen LogP contribution < -0.4 is 11.5 Å². The number of aliphatic hydroxyl groups is 1. The molecule has 0 aliphatic heterocycles. The quantitative estimate of drug-likeness (QED) is 0.0831. The molecule has 2 aromatic carbocycles. The molecule has 3 rings (SSSR count). The van der Waals surface area contributed by atoms with Crippen LogP contribution in [0.25, 0.3) is 11.4 Å². The molecule has 0 spiro atoms. The van der Waals surface area contributed by atoms with E-state index >= 15 is 0 Å². The molecule has 234 valence electrons. The number of carboxylic acids is 1. The van der Waals surface area contributed by atoms with E-state index in [4.69, 9.17) is 33.0 Å². The fraction of sp³-hybridized carbons (Fsp3) is 0.345. The summed E-state index contributed by atoms with van der Waals surface area (Å²) < 4.78 is 12.1. The molecular formula is C29H40IN6O6P. The van der Waals surface area contributed by atoms with E-state index in [1.807, 2.05) is 60.7 Å². The number of nitrogens with two attached hydrogens (primary N) is 2. The van der Waals surface area contributed by atoms with Gasteiger partial charge in [-0.25, -0.2) is 0 Å². The molecule has 12 nitrogen and oxygen atoms in total. The average molecular weight is 728 g/mol. The van der Waals surface area contributed by atoms with Crippen molar-refractivity contribution in [2.45, 2.75) is 53.4 Å². The lowest BCUT2D eigenvalue weighted by molar-refractivity contribution is -0.138. The molecule has 0 fully saturated rings. The molecule has 1 atom stereocenters.